The maximum absolute atomic E-state index is 11.6. The summed E-state index contributed by atoms with van der Waals surface area (Å²) in [6.45, 7) is 6.18. The van der Waals surface area contributed by atoms with Gasteiger partial charge in [-0.1, -0.05) is 57.9 Å². The Morgan fingerprint density at radius 3 is 2.08 bits per heavy atom. The van der Waals surface area contributed by atoms with E-state index in [-0.39, 0.29) is 17.2 Å². The SMILES string of the molecule is C=C(C)C(=O)OCCCCCCCCCCCCn1c(=O)cc[nH]c1=O. The molecule has 1 rings (SSSR count). The van der Waals surface area contributed by atoms with E-state index in [1.807, 2.05) is 0 Å². The smallest absolute Gasteiger partial charge is 0.333 e. The van der Waals surface area contributed by atoms with Crippen LogP contribution in [0.3, 0.4) is 0 Å². The Hall–Kier alpha value is -2.11. The van der Waals surface area contributed by atoms with Crippen molar-refractivity contribution in [1.82, 2.24) is 9.55 Å². The van der Waals surface area contributed by atoms with Gasteiger partial charge in [0.25, 0.3) is 5.56 Å². The number of rotatable bonds is 14. The number of esters is 1. The van der Waals surface area contributed by atoms with E-state index in [9.17, 15) is 14.4 Å². The number of aromatic amines is 1. The number of nitrogens with zero attached hydrogens (tertiary/aromatic N) is 1. The molecule has 0 aliphatic rings. The summed E-state index contributed by atoms with van der Waals surface area (Å²) in [6.07, 6.45) is 12.4. The van der Waals surface area contributed by atoms with Crippen LogP contribution in [0.4, 0.5) is 0 Å². The van der Waals surface area contributed by atoms with Gasteiger partial charge in [-0.25, -0.2) is 9.59 Å². The second kappa shape index (κ2) is 13.1. The first-order valence-electron chi connectivity index (χ1n) is 9.63. The Morgan fingerprint density at radius 1 is 1.00 bits per heavy atom. The minimum absolute atomic E-state index is 0.233. The summed E-state index contributed by atoms with van der Waals surface area (Å²) in [5.74, 6) is -0.299. The van der Waals surface area contributed by atoms with Gasteiger partial charge in [-0.05, 0) is 19.8 Å². The van der Waals surface area contributed by atoms with Gasteiger partial charge in [0.05, 0.1) is 6.61 Å². The van der Waals surface area contributed by atoms with E-state index in [2.05, 4.69) is 11.6 Å². The minimum Gasteiger partial charge on any atom is -0.462 e. The lowest BCUT2D eigenvalue weighted by atomic mass is 10.1. The molecule has 26 heavy (non-hydrogen) atoms. The lowest BCUT2D eigenvalue weighted by Crippen LogP contribution is -2.33. The average Bonchev–Trinajstić information content (AvgIpc) is 2.60. The summed E-state index contributed by atoms with van der Waals surface area (Å²) in [7, 11) is 0. The Bertz CT molecular complexity index is 632. The van der Waals surface area contributed by atoms with E-state index in [0.29, 0.717) is 18.7 Å². The van der Waals surface area contributed by atoms with Crippen LogP contribution in [0.25, 0.3) is 0 Å². The molecular weight excluding hydrogens is 332 g/mol. The standard InChI is InChI=1S/C20H32N2O4/c1-17(2)19(24)26-16-12-10-8-6-4-3-5-7-9-11-15-22-18(23)13-14-21-20(22)25/h13-14H,1,3-12,15-16H2,2H3,(H,21,25). The molecule has 1 aromatic heterocycles. The summed E-state index contributed by atoms with van der Waals surface area (Å²) in [5, 5.41) is 0. The minimum atomic E-state index is -0.327. The summed E-state index contributed by atoms with van der Waals surface area (Å²) in [4.78, 5) is 36.8. The Balaban J connectivity index is 1.89. The van der Waals surface area contributed by atoms with Crippen molar-refractivity contribution in [2.24, 2.45) is 0 Å². The third-order valence-electron chi connectivity index (χ3n) is 4.30. The van der Waals surface area contributed by atoms with Crippen LogP contribution >= 0.6 is 0 Å². The van der Waals surface area contributed by atoms with E-state index in [0.717, 1.165) is 32.1 Å². The van der Waals surface area contributed by atoms with E-state index in [1.54, 1.807) is 6.92 Å². The van der Waals surface area contributed by atoms with E-state index in [1.165, 1.54) is 48.9 Å². The number of carbonyl (C=O) groups is 1. The zero-order valence-electron chi connectivity index (χ0n) is 15.9. The van der Waals surface area contributed by atoms with Crippen molar-refractivity contribution in [1.29, 1.82) is 0 Å². The van der Waals surface area contributed by atoms with Crippen molar-refractivity contribution in [3.05, 3.63) is 45.3 Å². The van der Waals surface area contributed by atoms with Crippen molar-refractivity contribution in [2.45, 2.75) is 77.7 Å². The Kier molecular flexibility index (Phi) is 11.1. The zero-order chi connectivity index (χ0) is 19.2. The molecular formula is C20H32N2O4. The van der Waals surface area contributed by atoms with Gasteiger partial charge in [-0.3, -0.25) is 9.36 Å². The molecule has 0 radical (unpaired) electrons. The number of hydrogen-bond acceptors (Lipinski definition) is 4. The van der Waals surface area contributed by atoms with Crippen molar-refractivity contribution >= 4 is 5.97 Å². The van der Waals surface area contributed by atoms with Gasteiger partial charge >= 0.3 is 11.7 Å². The topological polar surface area (TPSA) is 81.2 Å². The van der Waals surface area contributed by atoms with Crippen LogP contribution in [-0.4, -0.2) is 22.1 Å². The molecule has 0 unspecified atom stereocenters. The normalized spacial score (nSPS) is 10.7. The second-order valence-electron chi connectivity index (χ2n) is 6.72. The Morgan fingerprint density at radius 2 is 1.54 bits per heavy atom. The molecule has 146 valence electrons. The molecule has 1 aromatic rings. The van der Waals surface area contributed by atoms with Crippen molar-refractivity contribution < 1.29 is 9.53 Å². The Labute approximate surface area is 155 Å². The van der Waals surface area contributed by atoms with Crippen LogP contribution in [0.1, 0.15) is 71.1 Å². The van der Waals surface area contributed by atoms with Crippen LogP contribution in [0.5, 0.6) is 0 Å². The highest BCUT2D eigenvalue weighted by Crippen LogP contribution is 2.11. The average molecular weight is 364 g/mol. The number of unbranched alkanes of at least 4 members (excludes halogenated alkanes) is 9. The first-order chi connectivity index (χ1) is 12.5. The number of ether oxygens (including phenoxy) is 1. The molecule has 0 saturated heterocycles. The quantitative estimate of drug-likeness (QED) is 0.311. The van der Waals surface area contributed by atoms with Crippen LogP contribution in [0, 0.1) is 0 Å². The molecule has 6 heteroatoms. The largest absolute Gasteiger partial charge is 0.462 e. The third kappa shape index (κ3) is 9.39. The molecule has 0 saturated carbocycles. The number of aromatic nitrogens is 2. The molecule has 1 N–H and O–H groups in total. The highest BCUT2D eigenvalue weighted by Gasteiger charge is 2.02. The highest BCUT2D eigenvalue weighted by molar-refractivity contribution is 5.86. The van der Waals surface area contributed by atoms with Gasteiger partial charge in [0.15, 0.2) is 0 Å². The predicted octanol–water partition coefficient (Wildman–Crippen LogP) is 3.56. The third-order valence-corrected chi connectivity index (χ3v) is 4.30. The first kappa shape index (κ1) is 21.9. The molecule has 0 amide bonds. The molecule has 0 aliphatic heterocycles. The van der Waals surface area contributed by atoms with Crippen LogP contribution in [0.2, 0.25) is 0 Å². The number of nitrogens with one attached hydrogen (secondary N) is 1. The molecule has 0 aromatic carbocycles. The van der Waals surface area contributed by atoms with Gasteiger partial charge < -0.3 is 9.72 Å². The first-order valence-corrected chi connectivity index (χ1v) is 9.63. The fourth-order valence-corrected chi connectivity index (χ4v) is 2.74. The zero-order valence-corrected chi connectivity index (χ0v) is 15.9. The second-order valence-corrected chi connectivity index (χ2v) is 6.72. The van der Waals surface area contributed by atoms with Crippen LogP contribution in [0.15, 0.2) is 34.0 Å². The lowest BCUT2D eigenvalue weighted by molar-refractivity contribution is -0.139. The summed E-state index contributed by atoms with van der Waals surface area (Å²) in [5.41, 5.74) is -0.109. The molecule has 0 aliphatic carbocycles. The van der Waals surface area contributed by atoms with Crippen molar-refractivity contribution in [3.63, 3.8) is 0 Å². The maximum atomic E-state index is 11.6. The molecule has 6 nitrogen and oxygen atoms in total. The molecule has 0 fully saturated rings. The van der Waals surface area contributed by atoms with E-state index < -0.39 is 0 Å². The van der Waals surface area contributed by atoms with Gasteiger partial charge in [-0.15, -0.1) is 0 Å². The van der Waals surface area contributed by atoms with Crippen LogP contribution in [-0.2, 0) is 16.1 Å². The summed E-state index contributed by atoms with van der Waals surface area (Å²) in [6, 6.07) is 1.38. The van der Waals surface area contributed by atoms with Gasteiger partial charge in [0.2, 0.25) is 0 Å². The summed E-state index contributed by atoms with van der Waals surface area (Å²) >= 11 is 0. The fraction of sp³-hybridized carbons (Fsp3) is 0.650. The number of hydrogen-bond donors (Lipinski definition) is 1. The van der Waals surface area contributed by atoms with Gasteiger partial charge in [-0.2, -0.15) is 0 Å². The molecule has 1 heterocycles. The van der Waals surface area contributed by atoms with Crippen molar-refractivity contribution in [3.8, 4) is 0 Å². The highest BCUT2D eigenvalue weighted by atomic mass is 16.5. The van der Waals surface area contributed by atoms with E-state index >= 15 is 0 Å². The van der Waals surface area contributed by atoms with Gasteiger partial charge in [0, 0.05) is 24.4 Å². The van der Waals surface area contributed by atoms with E-state index in [4.69, 9.17) is 4.74 Å². The monoisotopic (exact) mass is 364 g/mol. The molecule has 0 bridgehead atoms. The summed E-state index contributed by atoms with van der Waals surface area (Å²) < 4.78 is 6.31. The maximum Gasteiger partial charge on any atom is 0.333 e. The molecule has 0 spiro atoms. The van der Waals surface area contributed by atoms with Crippen LogP contribution < -0.4 is 11.2 Å². The van der Waals surface area contributed by atoms with Gasteiger partial charge in [0.1, 0.15) is 0 Å². The molecule has 0 atom stereocenters. The predicted molar refractivity (Wildman–Crippen MR) is 103 cm³/mol. The lowest BCUT2D eigenvalue weighted by Gasteiger charge is -2.05. The van der Waals surface area contributed by atoms with Crippen molar-refractivity contribution in [2.75, 3.05) is 6.61 Å². The number of carbonyl (C=O) groups excluding carboxylic acids is 1. The fourth-order valence-electron chi connectivity index (χ4n) is 2.74. The number of H-pyrrole nitrogens is 1.